The van der Waals surface area contributed by atoms with Crippen molar-refractivity contribution in [1.82, 2.24) is 10.6 Å². The molecule has 2 nitrogen and oxygen atoms in total. The number of piperidine rings is 1. The molecule has 1 heterocycles. The Hall–Kier alpha value is -0.0800. The zero-order valence-corrected chi connectivity index (χ0v) is 11.8. The van der Waals surface area contributed by atoms with Gasteiger partial charge in [0.2, 0.25) is 0 Å². The third kappa shape index (κ3) is 5.86. The molecule has 0 aromatic carbocycles. The maximum absolute atomic E-state index is 3.76. The molecule has 0 aliphatic carbocycles. The summed E-state index contributed by atoms with van der Waals surface area (Å²) in [5.74, 6) is 0.875. The highest BCUT2D eigenvalue weighted by Gasteiger charge is 2.25. The number of nitrogens with one attached hydrogen (secondary N) is 2. The van der Waals surface area contributed by atoms with Crippen LogP contribution >= 0.6 is 0 Å². The second-order valence-electron chi connectivity index (χ2n) is 7.20. The van der Waals surface area contributed by atoms with Crippen LogP contribution in [0.4, 0.5) is 0 Å². The van der Waals surface area contributed by atoms with Crippen molar-refractivity contribution in [3.05, 3.63) is 0 Å². The molecule has 0 bridgehead atoms. The summed E-state index contributed by atoms with van der Waals surface area (Å²) in [5, 5.41) is 7.18. The van der Waals surface area contributed by atoms with E-state index in [2.05, 4.69) is 45.3 Å². The van der Waals surface area contributed by atoms with Gasteiger partial charge in [-0.2, -0.15) is 0 Å². The fraction of sp³-hybridized carbons (Fsp3) is 1.00. The first kappa shape index (κ1) is 14.0. The summed E-state index contributed by atoms with van der Waals surface area (Å²) in [4.78, 5) is 0. The van der Waals surface area contributed by atoms with Gasteiger partial charge in [-0.15, -0.1) is 0 Å². The highest BCUT2D eigenvalue weighted by Crippen LogP contribution is 2.27. The van der Waals surface area contributed by atoms with E-state index in [4.69, 9.17) is 0 Å². The summed E-state index contributed by atoms with van der Waals surface area (Å²) in [7, 11) is 0. The van der Waals surface area contributed by atoms with Gasteiger partial charge in [-0.3, -0.25) is 0 Å². The lowest BCUT2D eigenvalue weighted by Gasteiger charge is -2.35. The summed E-state index contributed by atoms with van der Waals surface area (Å²) in [5.41, 5.74) is 0.674. The average Bonchev–Trinajstić information content (AvgIpc) is 2.13. The van der Waals surface area contributed by atoms with Crippen LogP contribution in [0.5, 0.6) is 0 Å². The van der Waals surface area contributed by atoms with Gasteiger partial charge < -0.3 is 10.6 Å². The van der Waals surface area contributed by atoms with E-state index in [-0.39, 0.29) is 5.54 Å². The first-order chi connectivity index (χ1) is 7.29. The topological polar surface area (TPSA) is 24.1 Å². The molecule has 0 unspecified atom stereocenters. The minimum absolute atomic E-state index is 0.267. The van der Waals surface area contributed by atoms with E-state index in [9.17, 15) is 0 Å². The van der Waals surface area contributed by atoms with E-state index in [0.717, 1.165) is 5.92 Å². The summed E-state index contributed by atoms with van der Waals surface area (Å²) < 4.78 is 0. The highest BCUT2D eigenvalue weighted by molar-refractivity contribution is 4.84. The molecular formula is C14H30N2. The summed E-state index contributed by atoms with van der Waals surface area (Å²) >= 11 is 0. The number of hydrogen-bond donors (Lipinski definition) is 2. The molecule has 0 amide bonds. The van der Waals surface area contributed by atoms with Gasteiger partial charge >= 0.3 is 0 Å². The molecule has 0 saturated carbocycles. The largest absolute Gasteiger partial charge is 0.317 e. The van der Waals surface area contributed by atoms with Gasteiger partial charge in [-0.1, -0.05) is 20.8 Å². The van der Waals surface area contributed by atoms with Crippen LogP contribution < -0.4 is 10.6 Å². The molecule has 96 valence electrons. The normalized spacial score (nSPS) is 20.1. The third-order valence-corrected chi connectivity index (χ3v) is 3.30. The lowest BCUT2D eigenvalue weighted by molar-refractivity contribution is 0.223. The Morgan fingerprint density at radius 1 is 1.06 bits per heavy atom. The molecule has 0 atom stereocenters. The Bertz CT molecular complexity index is 197. The Labute approximate surface area is 102 Å². The van der Waals surface area contributed by atoms with Crippen LogP contribution in [0, 0.1) is 11.3 Å². The first-order valence-electron chi connectivity index (χ1n) is 6.74. The highest BCUT2D eigenvalue weighted by atomic mass is 15.0. The SMILES string of the molecule is CC(C)(C)CC(C)(C)NCC1CCNCC1. The van der Waals surface area contributed by atoms with Crippen LogP contribution in [-0.2, 0) is 0 Å². The van der Waals surface area contributed by atoms with Crippen molar-refractivity contribution in [3.63, 3.8) is 0 Å². The van der Waals surface area contributed by atoms with Gasteiger partial charge in [0.15, 0.2) is 0 Å². The Balaban J connectivity index is 2.29. The number of rotatable bonds is 4. The maximum Gasteiger partial charge on any atom is 0.0130 e. The monoisotopic (exact) mass is 226 g/mol. The van der Waals surface area contributed by atoms with Crippen LogP contribution in [0.15, 0.2) is 0 Å². The fourth-order valence-corrected chi connectivity index (χ4v) is 2.89. The van der Waals surface area contributed by atoms with Gasteiger partial charge in [0.1, 0.15) is 0 Å². The molecule has 1 aliphatic heterocycles. The van der Waals surface area contributed by atoms with Crippen LogP contribution in [0.1, 0.15) is 53.9 Å². The van der Waals surface area contributed by atoms with Crippen LogP contribution in [0.3, 0.4) is 0 Å². The number of hydrogen-bond acceptors (Lipinski definition) is 2. The molecule has 2 heteroatoms. The van der Waals surface area contributed by atoms with Crippen molar-refractivity contribution < 1.29 is 0 Å². The van der Waals surface area contributed by atoms with E-state index in [0.29, 0.717) is 5.41 Å². The zero-order valence-electron chi connectivity index (χ0n) is 11.8. The van der Waals surface area contributed by atoms with Crippen LogP contribution in [-0.4, -0.2) is 25.2 Å². The van der Waals surface area contributed by atoms with E-state index in [1.165, 1.54) is 38.9 Å². The van der Waals surface area contributed by atoms with E-state index in [1.54, 1.807) is 0 Å². The lowest BCUT2D eigenvalue weighted by Crippen LogP contribution is -2.46. The Kier molecular flexibility index (Phi) is 4.81. The quantitative estimate of drug-likeness (QED) is 0.770. The molecule has 2 N–H and O–H groups in total. The average molecular weight is 226 g/mol. The molecular weight excluding hydrogens is 196 g/mol. The van der Waals surface area contributed by atoms with Crippen molar-refractivity contribution in [2.45, 2.75) is 59.4 Å². The molecule has 1 rings (SSSR count). The van der Waals surface area contributed by atoms with Gasteiger partial charge in [0, 0.05) is 5.54 Å². The maximum atomic E-state index is 3.76. The molecule has 0 radical (unpaired) electrons. The van der Waals surface area contributed by atoms with Crippen LogP contribution in [0.2, 0.25) is 0 Å². The molecule has 0 aromatic rings. The van der Waals surface area contributed by atoms with E-state index < -0.39 is 0 Å². The zero-order chi connectivity index (χ0) is 12.2. The minimum atomic E-state index is 0.267. The Morgan fingerprint density at radius 2 is 1.62 bits per heavy atom. The predicted molar refractivity (Wildman–Crippen MR) is 71.7 cm³/mol. The van der Waals surface area contributed by atoms with Crippen molar-refractivity contribution >= 4 is 0 Å². The molecule has 0 spiro atoms. The first-order valence-corrected chi connectivity index (χ1v) is 6.74. The Morgan fingerprint density at radius 3 is 2.12 bits per heavy atom. The molecule has 1 fully saturated rings. The van der Waals surface area contributed by atoms with Gasteiger partial charge in [-0.25, -0.2) is 0 Å². The smallest absolute Gasteiger partial charge is 0.0130 e. The van der Waals surface area contributed by atoms with Gasteiger partial charge in [0.25, 0.3) is 0 Å². The van der Waals surface area contributed by atoms with E-state index >= 15 is 0 Å². The van der Waals surface area contributed by atoms with Gasteiger partial charge in [0.05, 0.1) is 0 Å². The molecule has 1 aliphatic rings. The second-order valence-corrected chi connectivity index (χ2v) is 7.20. The lowest BCUT2D eigenvalue weighted by atomic mass is 9.81. The summed E-state index contributed by atoms with van der Waals surface area (Å²) in [6.45, 7) is 15.2. The van der Waals surface area contributed by atoms with E-state index in [1.807, 2.05) is 0 Å². The second kappa shape index (κ2) is 5.50. The van der Waals surface area contributed by atoms with Crippen molar-refractivity contribution in [3.8, 4) is 0 Å². The predicted octanol–water partition coefficient (Wildman–Crippen LogP) is 2.79. The fourth-order valence-electron chi connectivity index (χ4n) is 2.89. The van der Waals surface area contributed by atoms with Crippen molar-refractivity contribution in [2.75, 3.05) is 19.6 Å². The van der Waals surface area contributed by atoms with Crippen LogP contribution in [0.25, 0.3) is 0 Å². The minimum Gasteiger partial charge on any atom is -0.317 e. The van der Waals surface area contributed by atoms with Gasteiger partial charge in [-0.05, 0) is 64.1 Å². The molecule has 16 heavy (non-hydrogen) atoms. The summed E-state index contributed by atoms with van der Waals surface area (Å²) in [6, 6.07) is 0. The third-order valence-electron chi connectivity index (χ3n) is 3.30. The molecule has 1 saturated heterocycles. The summed E-state index contributed by atoms with van der Waals surface area (Å²) in [6.07, 6.45) is 3.89. The van der Waals surface area contributed by atoms with Crippen molar-refractivity contribution in [2.24, 2.45) is 11.3 Å². The van der Waals surface area contributed by atoms with Crippen molar-refractivity contribution in [1.29, 1.82) is 0 Å². The molecule has 0 aromatic heterocycles. The standard InChI is InChI=1S/C14H30N2/c1-13(2,3)11-14(4,5)16-10-12-6-8-15-9-7-12/h12,15-16H,6-11H2,1-5H3.